The first-order chi connectivity index (χ1) is 15.7. The molecule has 1 N–H and O–H groups in total. The predicted octanol–water partition coefficient (Wildman–Crippen LogP) is 3.12. The number of benzene rings is 1. The standard InChI is InChI=1S/C22H21ClF3N5O2/c23-18-5-4-15(11-17(18)22(24,25)26)28-20(32)14-30-9-7-29(8-10-30)13-16-12-21(33)31-6-2-1-3-19(31)27-16/h1-6,11-12H,7-10,13-14H2,(H,28,32). The third-order valence-electron chi connectivity index (χ3n) is 5.40. The Bertz CT molecular complexity index is 1220. The van der Waals surface area contributed by atoms with E-state index in [0.717, 1.165) is 12.1 Å². The van der Waals surface area contributed by atoms with Gasteiger partial charge >= 0.3 is 6.18 Å². The number of anilines is 1. The maximum atomic E-state index is 13.0. The summed E-state index contributed by atoms with van der Waals surface area (Å²) in [6.07, 6.45) is -2.92. The van der Waals surface area contributed by atoms with Gasteiger partial charge in [0.05, 0.1) is 22.8 Å². The number of fused-ring (bicyclic) bond motifs is 1. The maximum absolute atomic E-state index is 13.0. The number of pyridine rings is 1. The highest BCUT2D eigenvalue weighted by molar-refractivity contribution is 6.31. The van der Waals surface area contributed by atoms with Crippen molar-refractivity contribution in [3.05, 3.63) is 75.3 Å². The smallest absolute Gasteiger partial charge is 0.325 e. The van der Waals surface area contributed by atoms with Crippen LogP contribution >= 0.6 is 11.6 Å². The van der Waals surface area contributed by atoms with Gasteiger partial charge in [-0.05, 0) is 30.3 Å². The highest BCUT2D eigenvalue weighted by atomic mass is 35.5. The Labute approximate surface area is 192 Å². The number of aromatic nitrogens is 2. The van der Waals surface area contributed by atoms with E-state index in [0.29, 0.717) is 44.1 Å². The van der Waals surface area contributed by atoms with Crippen LogP contribution in [0.15, 0.2) is 53.5 Å². The summed E-state index contributed by atoms with van der Waals surface area (Å²) in [6, 6.07) is 10.2. The molecule has 3 heterocycles. The Morgan fingerprint density at radius 1 is 1.06 bits per heavy atom. The van der Waals surface area contributed by atoms with Gasteiger partial charge in [-0.25, -0.2) is 4.98 Å². The Kier molecular flexibility index (Phi) is 6.68. The molecular formula is C22H21ClF3N5O2. The molecule has 3 aromatic rings. The topological polar surface area (TPSA) is 70.0 Å². The molecule has 0 aliphatic carbocycles. The van der Waals surface area contributed by atoms with Crippen molar-refractivity contribution in [2.45, 2.75) is 12.7 Å². The van der Waals surface area contributed by atoms with Crippen LogP contribution in [0.5, 0.6) is 0 Å². The van der Waals surface area contributed by atoms with Crippen molar-refractivity contribution in [1.29, 1.82) is 0 Å². The number of nitrogens with one attached hydrogen (secondary N) is 1. The normalized spacial score (nSPS) is 15.6. The van der Waals surface area contributed by atoms with Gasteiger partial charge in [-0.1, -0.05) is 17.7 Å². The van der Waals surface area contributed by atoms with Gasteiger partial charge in [0.25, 0.3) is 5.56 Å². The highest BCUT2D eigenvalue weighted by Crippen LogP contribution is 2.36. The van der Waals surface area contributed by atoms with Gasteiger partial charge in [0.15, 0.2) is 0 Å². The second-order valence-electron chi connectivity index (χ2n) is 7.81. The zero-order chi connectivity index (χ0) is 23.6. The van der Waals surface area contributed by atoms with E-state index in [1.807, 2.05) is 11.0 Å². The SMILES string of the molecule is O=C(CN1CCN(Cc2cc(=O)n3ccccc3n2)CC1)Nc1ccc(Cl)c(C(F)(F)F)c1. The molecule has 1 aliphatic rings. The first-order valence-electron chi connectivity index (χ1n) is 10.3. The van der Waals surface area contributed by atoms with Crippen LogP contribution in [0.2, 0.25) is 5.02 Å². The Morgan fingerprint density at radius 3 is 2.52 bits per heavy atom. The van der Waals surface area contributed by atoms with E-state index in [2.05, 4.69) is 15.2 Å². The van der Waals surface area contributed by atoms with Crippen LogP contribution in [-0.4, -0.2) is 57.8 Å². The lowest BCUT2D eigenvalue weighted by atomic mass is 10.2. The van der Waals surface area contributed by atoms with Crippen LogP contribution in [0.4, 0.5) is 18.9 Å². The summed E-state index contributed by atoms with van der Waals surface area (Å²) in [7, 11) is 0. The lowest BCUT2D eigenvalue weighted by Gasteiger charge is -2.34. The summed E-state index contributed by atoms with van der Waals surface area (Å²) in [4.78, 5) is 33.2. The fourth-order valence-corrected chi connectivity index (χ4v) is 3.97. The minimum Gasteiger partial charge on any atom is -0.325 e. The zero-order valence-electron chi connectivity index (χ0n) is 17.5. The molecule has 11 heteroatoms. The molecule has 0 unspecified atom stereocenters. The predicted molar refractivity (Wildman–Crippen MR) is 118 cm³/mol. The van der Waals surface area contributed by atoms with Crippen molar-refractivity contribution >= 4 is 28.8 Å². The first kappa shape index (κ1) is 23.2. The third-order valence-corrected chi connectivity index (χ3v) is 5.73. The summed E-state index contributed by atoms with van der Waals surface area (Å²) in [6.45, 7) is 3.13. The Hall–Kier alpha value is -2.95. The summed E-state index contributed by atoms with van der Waals surface area (Å²) < 4.78 is 40.5. The molecule has 1 aliphatic heterocycles. The summed E-state index contributed by atoms with van der Waals surface area (Å²) >= 11 is 5.61. The molecular weight excluding hydrogens is 459 g/mol. The van der Waals surface area contributed by atoms with Crippen molar-refractivity contribution in [2.75, 3.05) is 38.0 Å². The lowest BCUT2D eigenvalue weighted by Crippen LogP contribution is -2.48. The van der Waals surface area contributed by atoms with Gasteiger partial charge in [-0.2, -0.15) is 13.2 Å². The van der Waals surface area contributed by atoms with E-state index in [-0.39, 0.29) is 17.8 Å². The van der Waals surface area contributed by atoms with Crippen LogP contribution in [0.3, 0.4) is 0 Å². The molecule has 0 atom stereocenters. The molecule has 4 rings (SSSR count). The zero-order valence-corrected chi connectivity index (χ0v) is 18.2. The fraction of sp³-hybridized carbons (Fsp3) is 0.318. The minimum absolute atomic E-state index is 0.0454. The van der Waals surface area contributed by atoms with Crippen LogP contribution in [0, 0.1) is 0 Å². The van der Waals surface area contributed by atoms with Crippen molar-refractivity contribution in [3.63, 3.8) is 0 Å². The van der Waals surface area contributed by atoms with Gasteiger partial charge < -0.3 is 5.32 Å². The summed E-state index contributed by atoms with van der Waals surface area (Å²) in [5.41, 5.74) is 0.190. The molecule has 174 valence electrons. The molecule has 1 fully saturated rings. The number of nitrogens with zero attached hydrogens (tertiary/aromatic N) is 4. The lowest BCUT2D eigenvalue weighted by molar-refractivity contribution is -0.137. The van der Waals surface area contributed by atoms with Crippen molar-refractivity contribution in [2.24, 2.45) is 0 Å². The highest BCUT2D eigenvalue weighted by Gasteiger charge is 2.33. The molecule has 0 saturated carbocycles. The largest absolute Gasteiger partial charge is 0.417 e. The number of alkyl halides is 3. The van der Waals surface area contributed by atoms with Gasteiger partial charge in [0.2, 0.25) is 5.91 Å². The molecule has 0 bridgehead atoms. The molecule has 1 aromatic carbocycles. The molecule has 7 nitrogen and oxygen atoms in total. The van der Waals surface area contributed by atoms with Crippen LogP contribution < -0.4 is 10.9 Å². The van der Waals surface area contributed by atoms with Crippen molar-refractivity contribution in [1.82, 2.24) is 19.2 Å². The van der Waals surface area contributed by atoms with E-state index in [4.69, 9.17) is 11.6 Å². The maximum Gasteiger partial charge on any atom is 0.417 e. The molecule has 2 aromatic heterocycles. The van der Waals surface area contributed by atoms with Crippen molar-refractivity contribution < 1.29 is 18.0 Å². The number of hydrogen-bond acceptors (Lipinski definition) is 5. The quantitative estimate of drug-likeness (QED) is 0.609. The summed E-state index contributed by atoms with van der Waals surface area (Å²) in [5.74, 6) is -0.400. The first-order valence-corrected chi connectivity index (χ1v) is 10.7. The number of carbonyl (C=O) groups is 1. The molecule has 33 heavy (non-hydrogen) atoms. The summed E-state index contributed by atoms with van der Waals surface area (Å²) in [5, 5.41) is 2.09. The Morgan fingerprint density at radius 2 is 1.79 bits per heavy atom. The van der Waals surface area contributed by atoms with E-state index >= 15 is 0 Å². The van der Waals surface area contributed by atoms with Crippen molar-refractivity contribution in [3.8, 4) is 0 Å². The minimum atomic E-state index is -4.60. The fourth-order valence-electron chi connectivity index (χ4n) is 3.74. The average molecular weight is 480 g/mol. The Balaban J connectivity index is 1.30. The van der Waals surface area contributed by atoms with Gasteiger partial charge in [0, 0.05) is 50.7 Å². The number of halogens is 4. The second kappa shape index (κ2) is 9.50. The third kappa shape index (κ3) is 5.70. The van der Waals surface area contributed by atoms with Crippen LogP contribution in [0.1, 0.15) is 11.3 Å². The van der Waals surface area contributed by atoms with E-state index in [1.54, 1.807) is 18.3 Å². The van der Waals surface area contributed by atoms with Gasteiger partial charge in [-0.3, -0.25) is 23.8 Å². The molecule has 1 amide bonds. The average Bonchev–Trinajstić information content (AvgIpc) is 2.76. The second-order valence-corrected chi connectivity index (χ2v) is 8.21. The van der Waals surface area contributed by atoms with Gasteiger partial charge in [0.1, 0.15) is 5.65 Å². The van der Waals surface area contributed by atoms with E-state index in [9.17, 15) is 22.8 Å². The number of amides is 1. The van der Waals surface area contributed by atoms with Crippen LogP contribution in [-0.2, 0) is 17.5 Å². The number of hydrogen-bond donors (Lipinski definition) is 1. The van der Waals surface area contributed by atoms with E-state index in [1.165, 1.54) is 16.5 Å². The number of carbonyl (C=O) groups excluding carboxylic acids is 1. The number of rotatable bonds is 5. The molecule has 0 radical (unpaired) electrons. The van der Waals surface area contributed by atoms with E-state index < -0.39 is 22.7 Å². The van der Waals surface area contributed by atoms with Gasteiger partial charge in [-0.15, -0.1) is 0 Å². The monoisotopic (exact) mass is 479 g/mol. The molecule has 1 saturated heterocycles. The number of piperazine rings is 1. The van der Waals surface area contributed by atoms with Crippen LogP contribution in [0.25, 0.3) is 5.65 Å². The molecule has 0 spiro atoms.